The van der Waals surface area contributed by atoms with Crippen molar-refractivity contribution in [2.24, 2.45) is 0 Å². The molecule has 1 aliphatic heterocycles. The Morgan fingerprint density at radius 2 is 2.33 bits per heavy atom. The zero-order valence-electron chi connectivity index (χ0n) is 8.20. The lowest BCUT2D eigenvalue weighted by Gasteiger charge is -2.10. The molecule has 0 bridgehead atoms. The van der Waals surface area contributed by atoms with E-state index in [1.165, 1.54) is 0 Å². The largest absolute Gasteiger partial charge is 0.397 e. The lowest BCUT2D eigenvalue weighted by atomic mass is 10.0. The lowest BCUT2D eigenvalue weighted by Crippen LogP contribution is -2.15. The van der Waals surface area contributed by atoms with Gasteiger partial charge in [-0.15, -0.1) is 0 Å². The van der Waals surface area contributed by atoms with Gasteiger partial charge < -0.3 is 5.73 Å². The second-order valence-electron chi connectivity index (χ2n) is 3.57. The van der Waals surface area contributed by atoms with E-state index >= 15 is 0 Å². The predicted molar refractivity (Wildman–Crippen MR) is 65.7 cm³/mol. The van der Waals surface area contributed by atoms with Crippen molar-refractivity contribution in [3.8, 4) is 0 Å². The average molecular weight is 242 g/mol. The molecule has 1 unspecified atom stereocenters. The number of carbonyl (C=O) groups excluding carboxylic acids is 1. The summed E-state index contributed by atoms with van der Waals surface area (Å²) in [4.78, 5) is 12.1. The Kier molecular flexibility index (Phi) is 3.22. The summed E-state index contributed by atoms with van der Waals surface area (Å²) in [5.41, 5.74) is 6.77. The van der Waals surface area contributed by atoms with Crippen LogP contribution in [0.2, 0.25) is 5.02 Å². The lowest BCUT2D eigenvalue weighted by molar-refractivity contribution is 0.0989. The molecule has 4 heteroatoms. The highest BCUT2D eigenvalue weighted by Crippen LogP contribution is 2.32. The van der Waals surface area contributed by atoms with E-state index in [-0.39, 0.29) is 11.0 Å². The van der Waals surface area contributed by atoms with Crippen LogP contribution in [0.4, 0.5) is 5.69 Å². The van der Waals surface area contributed by atoms with Crippen molar-refractivity contribution in [3.05, 3.63) is 28.8 Å². The molecule has 2 nitrogen and oxygen atoms in total. The molecule has 1 aromatic rings. The first-order chi connectivity index (χ1) is 7.20. The molecule has 0 radical (unpaired) electrons. The molecule has 0 saturated carbocycles. The SMILES string of the molecule is Nc1c(Cl)cccc1C(=O)C1CCCS1. The Morgan fingerprint density at radius 1 is 1.53 bits per heavy atom. The van der Waals surface area contributed by atoms with Crippen molar-refractivity contribution < 1.29 is 4.79 Å². The number of halogens is 1. The van der Waals surface area contributed by atoms with Crippen LogP contribution in [0, 0.1) is 0 Å². The molecular weight excluding hydrogens is 230 g/mol. The molecule has 1 heterocycles. The number of rotatable bonds is 2. The van der Waals surface area contributed by atoms with Crippen LogP contribution in [0.15, 0.2) is 18.2 Å². The number of ketones is 1. The first-order valence-corrected chi connectivity index (χ1v) is 6.32. The molecule has 15 heavy (non-hydrogen) atoms. The second kappa shape index (κ2) is 4.45. The number of nitrogen functional groups attached to an aromatic ring is 1. The fraction of sp³-hybridized carbons (Fsp3) is 0.364. The summed E-state index contributed by atoms with van der Waals surface area (Å²) in [5.74, 6) is 1.19. The Bertz CT molecular complexity index is 388. The van der Waals surface area contributed by atoms with Crippen molar-refractivity contribution in [2.45, 2.75) is 18.1 Å². The summed E-state index contributed by atoms with van der Waals surface area (Å²) in [6.07, 6.45) is 2.07. The third-order valence-electron chi connectivity index (χ3n) is 2.54. The van der Waals surface area contributed by atoms with Gasteiger partial charge in [0.25, 0.3) is 0 Å². The maximum Gasteiger partial charge on any atom is 0.177 e. The van der Waals surface area contributed by atoms with E-state index in [0.29, 0.717) is 16.3 Å². The fourth-order valence-electron chi connectivity index (χ4n) is 1.71. The molecule has 1 saturated heterocycles. The predicted octanol–water partition coefficient (Wildman–Crippen LogP) is 3.00. The van der Waals surface area contributed by atoms with E-state index in [1.54, 1.807) is 30.0 Å². The number of benzene rings is 1. The monoisotopic (exact) mass is 241 g/mol. The summed E-state index contributed by atoms with van der Waals surface area (Å²) < 4.78 is 0. The maximum atomic E-state index is 12.1. The Hall–Kier alpha value is -0.670. The van der Waals surface area contributed by atoms with E-state index in [1.807, 2.05) is 0 Å². The first-order valence-electron chi connectivity index (χ1n) is 4.90. The first kappa shape index (κ1) is 10.8. The minimum atomic E-state index is 0.0748. The fourth-order valence-corrected chi connectivity index (χ4v) is 3.11. The van der Waals surface area contributed by atoms with Gasteiger partial charge in [-0.05, 0) is 30.7 Å². The number of hydrogen-bond acceptors (Lipinski definition) is 3. The van der Waals surface area contributed by atoms with Crippen molar-refractivity contribution in [2.75, 3.05) is 11.5 Å². The van der Waals surface area contributed by atoms with E-state index in [2.05, 4.69) is 0 Å². The molecule has 1 fully saturated rings. The third kappa shape index (κ3) is 2.13. The maximum absolute atomic E-state index is 12.1. The number of carbonyl (C=O) groups is 1. The average Bonchev–Trinajstić information content (AvgIpc) is 2.74. The highest BCUT2D eigenvalue weighted by atomic mass is 35.5. The zero-order chi connectivity index (χ0) is 10.8. The van der Waals surface area contributed by atoms with Gasteiger partial charge in [-0.25, -0.2) is 0 Å². The van der Waals surface area contributed by atoms with Gasteiger partial charge in [0.1, 0.15) is 0 Å². The van der Waals surface area contributed by atoms with Gasteiger partial charge in [0, 0.05) is 5.56 Å². The highest BCUT2D eigenvalue weighted by Gasteiger charge is 2.26. The van der Waals surface area contributed by atoms with Crippen LogP contribution in [0.1, 0.15) is 23.2 Å². The molecule has 2 rings (SSSR count). The Balaban J connectivity index is 2.28. The normalized spacial score (nSPS) is 20.5. The number of para-hydroxylation sites is 1. The Morgan fingerprint density at radius 3 is 3.00 bits per heavy atom. The molecule has 0 spiro atoms. The molecule has 1 atom stereocenters. The molecule has 0 aliphatic carbocycles. The van der Waals surface area contributed by atoms with Crippen LogP contribution >= 0.6 is 23.4 Å². The van der Waals surface area contributed by atoms with Gasteiger partial charge in [-0.1, -0.05) is 17.7 Å². The zero-order valence-corrected chi connectivity index (χ0v) is 9.77. The summed E-state index contributed by atoms with van der Waals surface area (Å²) in [6, 6.07) is 5.23. The molecule has 1 aliphatic rings. The molecule has 1 aromatic carbocycles. The summed E-state index contributed by atoms with van der Waals surface area (Å²) >= 11 is 7.59. The van der Waals surface area contributed by atoms with Gasteiger partial charge in [0.15, 0.2) is 5.78 Å². The number of Topliss-reactive ketones (excluding diaryl/α,β-unsaturated/α-hetero) is 1. The van der Waals surface area contributed by atoms with Crippen molar-refractivity contribution in [3.63, 3.8) is 0 Å². The third-order valence-corrected chi connectivity index (χ3v) is 4.25. The smallest absolute Gasteiger partial charge is 0.177 e. The van der Waals surface area contributed by atoms with Crippen molar-refractivity contribution >= 4 is 34.8 Å². The van der Waals surface area contributed by atoms with Gasteiger partial charge in [-0.2, -0.15) is 11.8 Å². The van der Waals surface area contributed by atoms with E-state index in [4.69, 9.17) is 17.3 Å². The van der Waals surface area contributed by atoms with Gasteiger partial charge in [0.2, 0.25) is 0 Å². The Labute approximate surface area is 98.2 Å². The topological polar surface area (TPSA) is 43.1 Å². The molecule has 0 aromatic heterocycles. The highest BCUT2D eigenvalue weighted by molar-refractivity contribution is 8.00. The van der Waals surface area contributed by atoms with E-state index in [9.17, 15) is 4.79 Å². The van der Waals surface area contributed by atoms with Crippen LogP contribution in [-0.4, -0.2) is 16.8 Å². The standard InChI is InChI=1S/C11H12ClNOS/c12-8-4-1-3-7(10(8)13)11(14)9-5-2-6-15-9/h1,3-4,9H,2,5-6,13H2. The minimum absolute atomic E-state index is 0.0748. The number of hydrogen-bond donors (Lipinski definition) is 1. The number of anilines is 1. The van der Waals surface area contributed by atoms with Crippen LogP contribution in [-0.2, 0) is 0 Å². The van der Waals surface area contributed by atoms with Crippen LogP contribution in [0.25, 0.3) is 0 Å². The number of nitrogens with two attached hydrogens (primary N) is 1. The van der Waals surface area contributed by atoms with Gasteiger partial charge in [-0.3, -0.25) is 4.79 Å². The second-order valence-corrected chi connectivity index (χ2v) is 5.28. The minimum Gasteiger partial charge on any atom is -0.397 e. The summed E-state index contributed by atoms with van der Waals surface area (Å²) in [5, 5.41) is 0.537. The van der Waals surface area contributed by atoms with E-state index < -0.39 is 0 Å². The van der Waals surface area contributed by atoms with Crippen LogP contribution in [0.5, 0.6) is 0 Å². The molecular formula is C11H12ClNOS. The van der Waals surface area contributed by atoms with E-state index in [0.717, 1.165) is 18.6 Å². The molecule has 0 amide bonds. The van der Waals surface area contributed by atoms with Crippen LogP contribution in [0.3, 0.4) is 0 Å². The van der Waals surface area contributed by atoms with Crippen molar-refractivity contribution in [1.29, 1.82) is 0 Å². The molecule has 2 N–H and O–H groups in total. The molecule has 80 valence electrons. The van der Waals surface area contributed by atoms with Crippen LogP contribution < -0.4 is 5.73 Å². The number of thioether (sulfide) groups is 1. The van der Waals surface area contributed by atoms with Crippen molar-refractivity contribution in [1.82, 2.24) is 0 Å². The summed E-state index contributed by atoms with van der Waals surface area (Å²) in [7, 11) is 0. The van der Waals surface area contributed by atoms with Gasteiger partial charge in [0.05, 0.1) is 16.0 Å². The quantitative estimate of drug-likeness (QED) is 0.640. The summed E-state index contributed by atoms with van der Waals surface area (Å²) in [6.45, 7) is 0. The van der Waals surface area contributed by atoms with Gasteiger partial charge >= 0.3 is 0 Å².